The van der Waals surface area contributed by atoms with E-state index in [9.17, 15) is 13.2 Å². The number of fused-ring (bicyclic) bond motifs is 1. The van der Waals surface area contributed by atoms with Crippen molar-refractivity contribution in [1.29, 1.82) is 0 Å². The molecule has 1 amide bonds. The molecule has 0 radical (unpaired) electrons. The number of imidazole rings is 1. The fourth-order valence-corrected chi connectivity index (χ4v) is 5.15. The van der Waals surface area contributed by atoms with Crippen LogP contribution < -0.4 is 5.32 Å². The highest BCUT2D eigenvalue weighted by molar-refractivity contribution is 7.89. The Morgan fingerprint density at radius 3 is 2.73 bits per heavy atom. The van der Waals surface area contributed by atoms with Gasteiger partial charge in [-0.25, -0.2) is 13.4 Å². The zero-order valence-corrected chi connectivity index (χ0v) is 17.5. The molecule has 0 aliphatic carbocycles. The van der Waals surface area contributed by atoms with Crippen LogP contribution in [0.15, 0.2) is 72.1 Å². The highest BCUT2D eigenvalue weighted by Gasteiger charge is 2.28. The number of hydrogen-bond donors (Lipinski definition) is 1. The van der Waals surface area contributed by atoms with Gasteiger partial charge in [-0.15, -0.1) is 0 Å². The average Bonchev–Trinajstić information content (AvgIpc) is 3.26. The molecule has 3 aromatic rings. The third-order valence-corrected chi connectivity index (χ3v) is 7.09. The summed E-state index contributed by atoms with van der Waals surface area (Å²) in [6.45, 7) is 3.25. The lowest BCUT2D eigenvalue weighted by atomic mass is 10.0. The molecule has 1 aliphatic rings. The number of rotatable bonds is 6. The van der Waals surface area contributed by atoms with Gasteiger partial charge in [-0.1, -0.05) is 30.3 Å². The molecular weight excluding hydrogens is 400 g/mol. The van der Waals surface area contributed by atoms with Crippen molar-refractivity contribution in [3.8, 4) is 0 Å². The van der Waals surface area contributed by atoms with E-state index >= 15 is 0 Å². The summed E-state index contributed by atoms with van der Waals surface area (Å²) < 4.78 is 29.7. The van der Waals surface area contributed by atoms with Crippen LogP contribution in [0.1, 0.15) is 28.4 Å². The summed E-state index contributed by atoms with van der Waals surface area (Å²) in [7, 11) is -3.69. The van der Waals surface area contributed by atoms with Gasteiger partial charge in [0.1, 0.15) is 0 Å². The van der Waals surface area contributed by atoms with Crippen LogP contribution in [-0.2, 0) is 29.5 Å². The highest BCUT2D eigenvalue weighted by Crippen LogP contribution is 2.25. The zero-order valence-electron chi connectivity index (χ0n) is 16.7. The van der Waals surface area contributed by atoms with Gasteiger partial charge in [-0.05, 0) is 42.7 Å². The van der Waals surface area contributed by atoms with Crippen molar-refractivity contribution in [1.82, 2.24) is 19.2 Å². The summed E-state index contributed by atoms with van der Waals surface area (Å²) in [5, 5.41) is 2.91. The van der Waals surface area contributed by atoms with E-state index in [1.165, 1.54) is 15.9 Å². The Morgan fingerprint density at radius 1 is 1.17 bits per heavy atom. The SMILES string of the molecule is CC(Cn1ccnc1)NC(=O)c1cccc(S(=O)(=O)N2CCc3ccccc3C2)c1. The van der Waals surface area contributed by atoms with Crippen molar-refractivity contribution in [2.45, 2.75) is 37.4 Å². The number of aromatic nitrogens is 2. The quantitative estimate of drug-likeness (QED) is 0.659. The van der Waals surface area contributed by atoms with Gasteiger partial charge in [0.05, 0.1) is 11.2 Å². The van der Waals surface area contributed by atoms with Crippen LogP contribution in [0.2, 0.25) is 0 Å². The molecule has 0 spiro atoms. The minimum Gasteiger partial charge on any atom is -0.348 e. The Kier molecular flexibility index (Phi) is 5.69. The maximum absolute atomic E-state index is 13.2. The van der Waals surface area contributed by atoms with E-state index < -0.39 is 10.0 Å². The van der Waals surface area contributed by atoms with Crippen molar-refractivity contribution < 1.29 is 13.2 Å². The van der Waals surface area contributed by atoms with Gasteiger partial charge in [0.15, 0.2) is 0 Å². The summed E-state index contributed by atoms with van der Waals surface area (Å²) in [5.74, 6) is -0.302. The van der Waals surface area contributed by atoms with E-state index in [-0.39, 0.29) is 16.8 Å². The second-order valence-corrected chi connectivity index (χ2v) is 9.46. The number of amides is 1. The Balaban J connectivity index is 1.49. The van der Waals surface area contributed by atoms with Crippen LogP contribution in [0.3, 0.4) is 0 Å². The maximum atomic E-state index is 13.2. The van der Waals surface area contributed by atoms with E-state index in [2.05, 4.69) is 10.3 Å². The number of carbonyl (C=O) groups excluding carboxylic acids is 1. The van der Waals surface area contributed by atoms with Gasteiger partial charge in [-0.3, -0.25) is 4.79 Å². The molecule has 0 bridgehead atoms. The topological polar surface area (TPSA) is 84.3 Å². The Morgan fingerprint density at radius 2 is 1.97 bits per heavy atom. The van der Waals surface area contributed by atoms with Crippen LogP contribution in [0.25, 0.3) is 0 Å². The van der Waals surface area contributed by atoms with Crippen molar-refractivity contribution in [3.05, 3.63) is 83.9 Å². The number of sulfonamides is 1. The van der Waals surface area contributed by atoms with Crippen LogP contribution in [0.4, 0.5) is 0 Å². The second kappa shape index (κ2) is 8.41. The molecule has 7 nitrogen and oxygen atoms in total. The Labute approximate surface area is 176 Å². The second-order valence-electron chi connectivity index (χ2n) is 7.52. The molecule has 8 heteroatoms. The van der Waals surface area contributed by atoms with Gasteiger partial charge in [-0.2, -0.15) is 4.31 Å². The minimum absolute atomic E-state index is 0.134. The van der Waals surface area contributed by atoms with E-state index in [0.717, 1.165) is 5.56 Å². The summed E-state index contributed by atoms with van der Waals surface area (Å²) in [6.07, 6.45) is 5.88. The third-order valence-electron chi connectivity index (χ3n) is 5.25. The Hall–Kier alpha value is -2.97. The molecule has 0 saturated carbocycles. The van der Waals surface area contributed by atoms with Gasteiger partial charge >= 0.3 is 0 Å². The van der Waals surface area contributed by atoms with Crippen molar-refractivity contribution >= 4 is 15.9 Å². The molecule has 2 heterocycles. The number of nitrogens with zero attached hydrogens (tertiary/aromatic N) is 3. The molecule has 1 aromatic heterocycles. The minimum atomic E-state index is -3.69. The summed E-state index contributed by atoms with van der Waals surface area (Å²) in [4.78, 5) is 16.8. The normalized spacial score (nSPS) is 15.4. The van der Waals surface area contributed by atoms with Gasteiger partial charge in [0.2, 0.25) is 10.0 Å². The molecule has 1 unspecified atom stereocenters. The van der Waals surface area contributed by atoms with E-state index in [4.69, 9.17) is 0 Å². The fraction of sp³-hybridized carbons (Fsp3) is 0.273. The van der Waals surface area contributed by atoms with E-state index in [1.807, 2.05) is 42.0 Å². The molecule has 4 rings (SSSR count). The number of benzene rings is 2. The zero-order chi connectivity index (χ0) is 21.1. The van der Waals surface area contributed by atoms with Crippen LogP contribution in [0.5, 0.6) is 0 Å². The summed E-state index contributed by atoms with van der Waals surface area (Å²) in [6, 6.07) is 14.0. The number of nitrogens with one attached hydrogen (secondary N) is 1. The Bertz CT molecular complexity index is 1140. The molecule has 1 N–H and O–H groups in total. The van der Waals surface area contributed by atoms with Crippen molar-refractivity contribution in [2.75, 3.05) is 6.54 Å². The number of carbonyl (C=O) groups is 1. The average molecular weight is 425 g/mol. The molecule has 1 atom stereocenters. The molecular formula is C22H24N4O3S. The lowest BCUT2D eigenvalue weighted by Gasteiger charge is -2.28. The standard InChI is InChI=1S/C22H24N4O3S/c1-17(14-25-12-10-23-16-25)24-22(27)19-7-4-8-21(13-19)30(28,29)26-11-9-18-5-2-3-6-20(18)15-26/h2-8,10,12-13,16-17H,9,11,14-15H2,1H3,(H,24,27). The molecule has 30 heavy (non-hydrogen) atoms. The molecule has 0 saturated heterocycles. The summed E-state index contributed by atoms with van der Waals surface area (Å²) >= 11 is 0. The van der Waals surface area contributed by atoms with Crippen LogP contribution in [0, 0.1) is 0 Å². The monoisotopic (exact) mass is 424 g/mol. The first-order valence-corrected chi connectivity index (χ1v) is 11.3. The smallest absolute Gasteiger partial charge is 0.251 e. The van der Waals surface area contributed by atoms with Gasteiger partial charge in [0, 0.05) is 43.6 Å². The van der Waals surface area contributed by atoms with Crippen molar-refractivity contribution in [3.63, 3.8) is 0 Å². The third kappa shape index (κ3) is 4.29. The van der Waals surface area contributed by atoms with Gasteiger partial charge < -0.3 is 9.88 Å². The molecule has 2 aromatic carbocycles. The lowest BCUT2D eigenvalue weighted by Crippen LogP contribution is -2.37. The highest BCUT2D eigenvalue weighted by atomic mass is 32.2. The number of hydrogen-bond acceptors (Lipinski definition) is 4. The first-order valence-electron chi connectivity index (χ1n) is 9.87. The predicted octanol–water partition coefficient (Wildman–Crippen LogP) is 2.45. The molecule has 0 fully saturated rings. The van der Waals surface area contributed by atoms with E-state index in [0.29, 0.717) is 31.6 Å². The summed E-state index contributed by atoms with van der Waals surface area (Å²) in [5.41, 5.74) is 2.53. The maximum Gasteiger partial charge on any atom is 0.251 e. The van der Waals surface area contributed by atoms with E-state index in [1.54, 1.807) is 30.7 Å². The lowest BCUT2D eigenvalue weighted by molar-refractivity contribution is 0.0936. The van der Waals surface area contributed by atoms with Crippen LogP contribution in [-0.4, -0.2) is 40.8 Å². The predicted molar refractivity (Wildman–Crippen MR) is 113 cm³/mol. The molecule has 1 aliphatic heterocycles. The molecule has 156 valence electrons. The largest absolute Gasteiger partial charge is 0.348 e. The first kappa shape index (κ1) is 20.3. The van der Waals surface area contributed by atoms with Crippen molar-refractivity contribution in [2.24, 2.45) is 0 Å². The van der Waals surface area contributed by atoms with Crippen LogP contribution >= 0.6 is 0 Å². The first-order chi connectivity index (χ1) is 14.4. The van der Waals surface area contributed by atoms with Gasteiger partial charge in [0.25, 0.3) is 5.91 Å². The fourth-order valence-electron chi connectivity index (χ4n) is 3.69.